The average Bonchev–Trinajstić information content (AvgIpc) is 2.53. The molecule has 0 aliphatic rings. The number of carbonyl (C=O) groups is 2. The SMILES string of the molecule is CCOC(=O)CC(C)NC(=O)CCCCc1ccc(C=NN)cc1. The summed E-state index contributed by atoms with van der Waals surface area (Å²) in [6.45, 7) is 3.93. The van der Waals surface area contributed by atoms with Crippen molar-refractivity contribution in [3.05, 3.63) is 35.4 Å². The van der Waals surface area contributed by atoms with E-state index in [1.807, 2.05) is 24.3 Å². The Morgan fingerprint density at radius 1 is 1.29 bits per heavy atom. The van der Waals surface area contributed by atoms with E-state index in [0.717, 1.165) is 24.8 Å². The predicted octanol–water partition coefficient (Wildman–Crippen LogP) is 2.15. The number of amides is 1. The molecule has 1 unspecified atom stereocenters. The van der Waals surface area contributed by atoms with Gasteiger partial charge in [-0.2, -0.15) is 5.10 Å². The molecule has 1 amide bonds. The molecule has 0 heterocycles. The number of rotatable bonds is 10. The molecule has 0 radical (unpaired) electrons. The van der Waals surface area contributed by atoms with Crippen LogP contribution in [0.4, 0.5) is 0 Å². The van der Waals surface area contributed by atoms with E-state index in [2.05, 4.69) is 10.4 Å². The number of nitrogens with zero attached hydrogens (tertiary/aromatic N) is 1. The lowest BCUT2D eigenvalue weighted by molar-refractivity contribution is -0.143. The van der Waals surface area contributed by atoms with Crippen LogP contribution in [0, 0.1) is 0 Å². The Kier molecular flexibility index (Phi) is 9.19. The number of esters is 1. The summed E-state index contributed by atoms with van der Waals surface area (Å²) in [7, 11) is 0. The molecule has 0 aliphatic heterocycles. The third-order valence-electron chi connectivity index (χ3n) is 3.51. The Morgan fingerprint density at radius 3 is 2.62 bits per heavy atom. The van der Waals surface area contributed by atoms with Gasteiger partial charge in [-0.15, -0.1) is 0 Å². The number of aryl methyl sites for hydroxylation is 1. The molecule has 1 atom stereocenters. The molecule has 132 valence electrons. The third kappa shape index (κ3) is 8.31. The highest BCUT2D eigenvalue weighted by Gasteiger charge is 2.12. The fourth-order valence-corrected chi connectivity index (χ4v) is 2.34. The first kappa shape index (κ1) is 19.7. The molecule has 1 aromatic carbocycles. The Hall–Kier alpha value is -2.37. The minimum Gasteiger partial charge on any atom is -0.466 e. The minimum absolute atomic E-state index is 0.0266. The molecule has 0 fully saturated rings. The van der Waals surface area contributed by atoms with Crippen molar-refractivity contribution >= 4 is 18.1 Å². The molecule has 0 aromatic heterocycles. The maximum Gasteiger partial charge on any atom is 0.307 e. The van der Waals surface area contributed by atoms with Crippen LogP contribution in [-0.4, -0.2) is 30.7 Å². The van der Waals surface area contributed by atoms with E-state index in [4.69, 9.17) is 10.6 Å². The first-order valence-corrected chi connectivity index (χ1v) is 8.32. The van der Waals surface area contributed by atoms with Gasteiger partial charge in [0.25, 0.3) is 0 Å². The highest BCUT2D eigenvalue weighted by atomic mass is 16.5. The van der Waals surface area contributed by atoms with E-state index in [9.17, 15) is 9.59 Å². The second kappa shape index (κ2) is 11.2. The summed E-state index contributed by atoms with van der Waals surface area (Å²) < 4.78 is 4.86. The molecule has 6 heteroatoms. The van der Waals surface area contributed by atoms with Crippen molar-refractivity contribution in [2.24, 2.45) is 10.9 Å². The number of nitrogens with one attached hydrogen (secondary N) is 1. The molecule has 1 rings (SSSR count). The molecule has 0 aliphatic carbocycles. The van der Waals surface area contributed by atoms with Crippen molar-refractivity contribution in [3.8, 4) is 0 Å². The van der Waals surface area contributed by atoms with Gasteiger partial charge < -0.3 is 15.9 Å². The van der Waals surface area contributed by atoms with Crippen molar-refractivity contribution in [1.82, 2.24) is 5.32 Å². The molecule has 3 N–H and O–H groups in total. The van der Waals surface area contributed by atoms with Gasteiger partial charge in [0.15, 0.2) is 0 Å². The molecule has 0 saturated carbocycles. The first-order chi connectivity index (χ1) is 11.5. The molecule has 6 nitrogen and oxygen atoms in total. The molecule has 1 aromatic rings. The van der Waals surface area contributed by atoms with Crippen molar-refractivity contribution in [3.63, 3.8) is 0 Å². The number of hydrogen-bond donors (Lipinski definition) is 2. The fourth-order valence-electron chi connectivity index (χ4n) is 2.34. The molecule has 24 heavy (non-hydrogen) atoms. The van der Waals surface area contributed by atoms with E-state index in [1.165, 1.54) is 5.56 Å². The molecular weight excluding hydrogens is 306 g/mol. The number of hydrogen-bond acceptors (Lipinski definition) is 5. The molecular formula is C18H27N3O3. The number of nitrogens with two attached hydrogens (primary N) is 1. The summed E-state index contributed by atoms with van der Waals surface area (Å²) in [6.07, 6.45) is 4.94. The van der Waals surface area contributed by atoms with E-state index in [1.54, 1.807) is 20.1 Å². The molecule has 0 saturated heterocycles. The first-order valence-electron chi connectivity index (χ1n) is 8.32. The Balaban J connectivity index is 2.19. The zero-order chi connectivity index (χ0) is 17.8. The monoisotopic (exact) mass is 333 g/mol. The van der Waals surface area contributed by atoms with Gasteiger partial charge in [0.1, 0.15) is 0 Å². The highest BCUT2D eigenvalue weighted by Crippen LogP contribution is 2.08. The second-order valence-corrected chi connectivity index (χ2v) is 5.70. The number of hydrazone groups is 1. The van der Waals surface area contributed by atoms with Gasteiger partial charge in [0, 0.05) is 12.5 Å². The van der Waals surface area contributed by atoms with Crippen molar-refractivity contribution in [2.45, 2.75) is 52.0 Å². The van der Waals surface area contributed by atoms with Crippen LogP contribution in [0.5, 0.6) is 0 Å². The summed E-state index contributed by atoms with van der Waals surface area (Å²) in [5.41, 5.74) is 2.19. The maximum atomic E-state index is 11.8. The minimum atomic E-state index is -0.284. The number of ether oxygens (including phenoxy) is 1. The third-order valence-corrected chi connectivity index (χ3v) is 3.51. The van der Waals surface area contributed by atoms with Gasteiger partial charge >= 0.3 is 5.97 Å². The van der Waals surface area contributed by atoms with Crippen LogP contribution in [-0.2, 0) is 20.7 Å². The van der Waals surface area contributed by atoms with Gasteiger partial charge in [0.2, 0.25) is 5.91 Å². The zero-order valence-electron chi connectivity index (χ0n) is 14.5. The van der Waals surface area contributed by atoms with Crippen LogP contribution in [0.2, 0.25) is 0 Å². The summed E-state index contributed by atoms with van der Waals surface area (Å²) in [6, 6.07) is 7.82. The van der Waals surface area contributed by atoms with Crippen LogP contribution in [0.1, 0.15) is 50.7 Å². The van der Waals surface area contributed by atoms with Crippen molar-refractivity contribution in [1.29, 1.82) is 0 Å². The van der Waals surface area contributed by atoms with E-state index in [0.29, 0.717) is 13.0 Å². The Bertz CT molecular complexity index is 541. The standard InChI is InChI=1S/C18H27N3O3/c1-3-24-18(23)12-14(2)21-17(22)7-5-4-6-15-8-10-16(11-9-15)13-20-19/h8-11,13-14H,3-7,12,19H2,1-2H3,(H,21,22). The van der Waals surface area contributed by atoms with Gasteiger partial charge in [-0.1, -0.05) is 24.3 Å². The number of benzene rings is 1. The van der Waals surface area contributed by atoms with Gasteiger partial charge in [-0.05, 0) is 44.2 Å². The number of unbranched alkanes of at least 4 members (excludes halogenated alkanes) is 1. The van der Waals surface area contributed by atoms with Crippen LogP contribution in [0.15, 0.2) is 29.4 Å². The molecule has 0 spiro atoms. The lowest BCUT2D eigenvalue weighted by atomic mass is 10.1. The summed E-state index contributed by atoms with van der Waals surface area (Å²) in [5, 5.41) is 6.31. The maximum absolute atomic E-state index is 11.8. The number of carbonyl (C=O) groups excluding carboxylic acids is 2. The van der Waals surface area contributed by atoms with Crippen molar-refractivity contribution in [2.75, 3.05) is 6.61 Å². The summed E-state index contributed by atoms with van der Waals surface area (Å²) >= 11 is 0. The average molecular weight is 333 g/mol. The normalized spacial score (nSPS) is 12.1. The Morgan fingerprint density at radius 2 is 2.00 bits per heavy atom. The quantitative estimate of drug-likeness (QED) is 0.225. The van der Waals surface area contributed by atoms with E-state index < -0.39 is 0 Å². The van der Waals surface area contributed by atoms with E-state index >= 15 is 0 Å². The zero-order valence-corrected chi connectivity index (χ0v) is 14.5. The fraction of sp³-hybridized carbons (Fsp3) is 0.500. The lowest BCUT2D eigenvalue weighted by Gasteiger charge is -2.13. The highest BCUT2D eigenvalue weighted by molar-refractivity contribution is 5.79. The van der Waals surface area contributed by atoms with Crippen LogP contribution < -0.4 is 11.2 Å². The largest absolute Gasteiger partial charge is 0.466 e. The summed E-state index contributed by atoms with van der Waals surface area (Å²) in [4.78, 5) is 23.2. The smallest absolute Gasteiger partial charge is 0.307 e. The Labute approximate surface area is 143 Å². The summed E-state index contributed by atoms with van der Waals surface area (Å²) in [5.74, 6) is 4.80. The van der Waals surface area contributed by atoms with Crippen LogP contribution in [0.25, 0.3) is 0 Å². The van der Waals surface area contributed by atoms with Crippen LogP contribution >= 0.6 is 0 Å². The topological polar surface area (TPSA) is 93.8 Å². The second-order valence-electron chi connectivity index (χ2n) is 5.70. The van der Waals surface area contributed by atoms with Crippen LogP contribution in [0.3, 0.4) is 0 Å². The lowest BCUT2D eigenvalue weighted by Crippen LogP contribution is -2.34. The van der Waals surface area contributed by atoms with Crippen molar-refractivity contribution < 1.29 is 14.3 Å². The van der Waals surface area contributed by atoms with E-state index in [-0.39, 0.29) is 24.3 Å². The van der Waals surface area contributed by atoms with Gasteiger partial charge in [-0.3, -0.25) is 9.59 Å². The van der Waals surface area contributed by atoms with Gasteiger partial charge in [0.05, 0.1) is 19.2 Å². The predicted molar refractivity (Wildman–Crippen MR) is 94.6 cm³/mol. The van der Waals surface area contributed by atoms with Gasteiger partial charge in [-0.25, -0.2) is 0 Å². The molecule has 0 bridgehead atoms.